The molecular formula is C8H7F6N3. The molecule has 0 aliphatic heterocycles. The minimum atomic E-state index is -5.29. The molecule has 0 atom stereocenters. The topological polar surface area (TPSA) is 78.1 Å². The van der Waals surface area contributed by atoms with Gasteiger partial charge in [-0.25, -0.2) is 0 Å². The minimum absolute atomic E-state index is 0.549. The van der Waals surface area contributed by atoms with Gasteiger partial charge in [0, 0.05) is 5.69 Å². The van der Waals surface area contributed by atoms with Crippen molar-refractivity contribution in [3.05, 3.63) is 17.2 Å². The van der Waals surface area contributed by atoms with Crippen molar-refractivity contribution in [2.45, 2.75) is 12.4 Å². The fraction of sp³-hybridized carbons (Fsp3) is 0.250. The van der Waals surface area contributed by atoms with Crippen molar-refractivity contribution in [1.29, 1.82) is 0 Å². The SMILES string of the molecule is Nc1cc(N)c(C(F)(F)F)c(C(F)(F)F)c1N. The van der Waals surface area contributed by atoms with E-state index in [1.54, 1.807) is 0 Å². The van der Waals surface area contributed by atoms with Crippen molar-refractivity contribution in [2.75, 3.05) is 17.2 Å². The zero-order chi connectivity index (χ0) is 13.6. The number of nitrogen functional groups attached to an aromatic ring is 3. The van der Waals surface area contributed by atoms with Gasteiger partial charge < -0.3 is 17.2 Å². The van der Waals surface area contributed by atoms with Crippen LogP contribution in [-0.4, -0.2) is 0 Å². The molecule has 1 rings (SSSR count). The first kappa shape index (κ1) is 13.3. The Kier molecular flexibility index (Phi) is 2.81. The Balaban J connectivity index is 3.76. The Morgan fingerprint density at radius 2 is 1.12 bits per heavy atom. The second-order valence-corrected chi connectivity index (χ2v) is 3.21. The van der Waals surface area contributed by atoms with Crippen LogP contribution < -0.4 is 17.2 Å². The van der Waals surface area contributed by atoms with Crippen molar-refractivity contribution in [1.82, 2.24) is 0 Å². The van der Waals surface area contributed by atoms with E-state index >= 15 is 0 Å². The van der Waals surface area contributed by atoms with Crippen molar-refractivity contribution >= 4 is 17.1 Å². The van der Waals surface area contributed by atoms with E-state index in [0.717, 1.165) is 0 Å². The van der Waals surface area contributed by atoms with Crippen LogP contribution in [0.15, 0.2) is 6.07 Å². The summed E-state index contributed by atoms with van der Waals surface area (Å²) in [6, 6.07) is 0.549. The van der Waals surface area contributed by atoms with Crippen LogP contribution >= 0.6 is 0 Å². The van der Waals surface area contributed by atoms with E-state index in [2.05, 4.69) is 0 Å². The maximum atomic E-state index is 12.5. The summed E-state index contributed by atoms with van der Waals surface area (Å²) in [5.74, 6) is 0. The summed E-state index contributed by atoms with van der Waals surface area (Å²) in [5.41, 5.74) is 7.89. The first-order chi connectivity index (χ1) is 7.46. The van der Waals surface area contributed by atoms with Gasteiger partial charge in [0.2, 0.25) is 0 Å². The van der Waals surface area contributed by atoms with Crippen LogP contribution in [0.4, 0.5) is 43.4 Å². The maximum Gasteiger partial charge on any atom is 0.419 e. The molecule has 0 spiro atoms. The van der Waals surface area contributed by atoms with Crippen molar-refractivity contribution < 1.29 is 26.3 Å². The van der Waals surface area contributed by atoms with Gasteiger partial charge in [0.05, 0.1) is 22.5 Å². The lowest BCUT2D eigenvalue weighted by Crippen LogP contribution is -2.21. The highest BCUT2D eigenvalue weighted by atomic mass is 19.4. The molecule has 0 radical (unpaired) electrons. The molecular weight excluding hydrogens is 252 g/mol. The molecule has 0 unspecified atom stereocenters. The van der Waals surface area contributed by atoms with Crippen LogP contribution in [0, 0.1) is 0 Å². The summed E-state index contributed by atoms with van der Waals surface area (Å²) in [4.78, 5) is 0. The predicted octanol–water partition coefficient (Wildman–Crippen LogP) is 2.47. The molecule has 9 heteroatoms. The number of rotatable bonds is 0. The summed E-state index contributed by atoms with van der Waals surface area (Å²) >= 11 is 0. The van der Waals surface area contributed by atoms with Crippen LogP contribution in [-0.2, 0) is 12.4 Å². The van der Waals surface area contributed by atoms with E-state index in [-0.39, 0.29) is 0 Å². The lowest BCUT2D eigenvalue weighted by molar-refractivity contribution is -0.161. The summed E-state index contributed by atoms with van der Waals surface area (Å²) in [7, 11) is 0. The molecule has 0 aliphatic rings. The molecule has 0 bridgehead atoms. The summed E-state index contributed by atoms with van der Waals surface area (Å²) in [5, 5.41) is 0. The Hall–Kier alpha value is -1.80. The van der Waals surface area contributed by atoms with Crippen LogP contribution in [0.1, 0.15) is 11.1 Å². The fourth-order valence-corrected chi connectivity index (χ4v) is 1.34. The standard InChI is InChI=1S/C8H7F6N3/c9-7(10,11)4-2(15)1-3(16)6(17)5(4)8(12,13)14/h1H,15-17H2. The molecule has 96 valence electrons. The van der Waals surface area contributed by atoms with E-state index in [1.807, 2.05) is 0 Å². The maximum absolute atomic E-state index is 12.5. The molecule has 0 heterocycles. The van der Waals surface area contributed by atoms with Gasteiger partial charge in [-0.3, -0.25) is 0 Å². The van der Waals surface area contributed by atoms with Crippen LogP contribution in [0.5, 0.6) is 0 Å². The summed E-state index contributed by atoms with van der Waals surface area (Å²) in [6.07, 6.45) is -10.6. The third-order valence-electron chi connectivity index (χ3n) is 2.00. The van der Waals surface area contributed by atoms with Gasteiger partial charge in [-0.1, -0.05) is 0 Å². The number of nitrogens with two attached hydrogens (primary N) is 3. The highest BCUT2D eigenvalue weighted by molar-refractivity contribution is 5.77. The quantitative estimate of drug-likeness (QED) is 0.494. The van der Waals surface area contributed by atoms with E-state index in [1.165, 1.54) is 0 Å². The molecule has 3 nitrogen and oxygen atoms in total. The van der Waals surface area contributed by atoms with Gasteiger partial charge in [0.15, 0.2) is 0 Å². The van der Waals surface area contributed by atoms with Crippen LogP contribution in [0.3, 0.4) is 0 Å². The minimum Gasteiger partial charge on any atom is -0.398 e. The second kappa shape index (κ2) is 3.60. The highest BCUT2D eigenvalue weighted by Crippen LogP contribution is 2.47. The highest BCUT2D eigenvalue weighted by Gasteiger charge is 2.46. The molecule has 0 aliphatic carbocycles. The largest absolute Gasteiger partial charge is 0.419 e. The number of hydrogen-bond donors (Lipinski definition) is 3. The number of anilines is 3. The van der Waals surface area contributed by atoms with E-state index in [0.29, 0.717) is 6.07 Å². The lowest BCUT2D eigenvalue weighted by Gasteiger charge is -2.20. The van der Waals surface area contributed by atoms with Crippen molar-refractivity contribution in [3.8, 4) is 0 Å². The predicted molar refractivity (Wildman–Crippen MR) is 49.7 cm³/mol. The van der Waals surface area contributed by atoms with Gasteiger partial charge in [-0.15, -0.1) is 0 Å². The Bertz CT molecular complexity index is 448. The normalized spacial score (nSPS) is 12.8. The molecule has 17 heavy (non-hydrogen) atoms. The number of halogens is 6. The van der Waals surface area contributed by atoms with Gasteiger partial charge >= 0.3 is 12.4 Å². The van der Waals surface area contributed by atoms with Crippen LogP contribution in [0.25, 0.3) is 0 Å². The third kappa shape index (κ3) is 2.32. The van der Waals surface area contributed by atoms with E-state index < -0.39 is 40.5 Å². The molecule has 0 aromatic heterocycles. The zero-order valence-corrected chi connectivity index (χ0v) is 8.08. The first-order valence-corrected chi connectivity index (χ1v) is 4.08. The molecule has 0 amide bonds. The van der Waals surface area contributed by atoms with Crippen LogP contribution in [0.2, 0.25) is 0 Å². The van der Waals surface area contributed by atoms with Gasteiger partial charge in [0.1, 0.15) is 0 Å². The average Bonchev–Trinajstić information content (AvgIpc) is 2.06. The van der Waals surface area contributed by atoms with E-state index in [9.17, 15) is 26.3 Å². The Morgan fingerprint density at radius 1 is 0.706 bits per heavy atom. The van der Waals surface area contributed by atoms with Gasteiger partial charge in [0.25, 0.3) is 0 Å². The number of hydrogen-bond acceptors (Lipinski definition) is 3. The molecule has 1 aromatic carbocycles. The molecule has 0 saturated heterocycles. The third-order valence-corrected chi connectivity index (χ3v) is 2.00. The van der Waals surface area contributed by atoms with Crippen molar-refractivity contribution in [3.63, 3.8) is 0 Å². The first-order valence-electron chi connectivity index (χ1n) is 4.08. The molecule has 0 fully saturated rings. The van der Waals surface area contributed by atoms with Gasteiger partial charge in [-0.05, 0) is 6.07 Å². The zero-order valence-electron chi connectivity index (χ0n) is 8.08. The fourth-order valence-electron chi connectivity index (χ4n) is 1.34. The lowest BCUT2D eigenvalue weighted by atomic mass is 10.0. The second-order valence-electron chi connectivity index (χ2n) is 3.21. The van der Waals surface area contributed by atoms with E-state index in [4.69, 9.17) is 17.2 Å². The van der Waals surface area contributed by atoms with Crippen molar-refractivity contribution in [2.24, 2.45) is 0 Å². The van der Waals surface area contributed by atoms with Gasteiger partial charge in [-0.2, -0.15) is 26.3 Å². The number of alkyl halides is 6. The Labute approximate surface area is 91.2 Å². The summed E-state index contributed by atoms with van der Waals surface area (Å²) < 4.78 is 74.9. The number of benzene rings is 1. The average molecular weight is 259 g/mol. The molecule has 6 N–H and O–H groups in total. The smallest absolute Gasteiger partial charge is 0.398 e. The Morgan fingerprint density at radius 3 is 1.47 bits per heavy atom. The molecule has 1 aromatic rings. The monoisotopic (exact) mass is 259 g/mol. The molecule has 0 saturated carbocycles. The summed E-state index contributed by atoms with van der Waals surface area (Å²) in [6.45, 7) is 0.